The number of aliphatic hydroxyl groups is 1. The third-order valence-electron chi connectivity index (χ3n) is 2.96. The number of nitrogens with one attached hydrogen (secondary N) is 1. The van der Waals surface area contributed by atoms with Crippen molar-refractivity contribution in [3.8, 4) is 0 Å². The molecule has 0 aliphatic carbocycles. The van der Waals surface area contributed by atoms with E-state index in [-0.39, 0.29) is 16.6 Å². The molecule has 2 aromatic heterocycles. The Morgan fingerprint density at radius 3 is 2.94 bits per heavy atom. The average molecular weight is 247 g/mol. The van der Waals surface area contributed by atoms with Crippen molar-refractivity contribution in [2.24, 2.45) is 7.05 Å². The van der Waals surface area contributed by atoms with Gasteiger partial charge in [0.1, 0.15) is 5.52 Å². The first-order valence-electron chi connectivity index (χ1n) is 5.39. The molecule has 0 spiro atoms. The zero-order chi connectivity index (χ0) is 12.9. The normalized spacial score (nSPS) is 11.5. The van der Waals surface area contributed by atoms with E-state index >= 15 is 0 Å². The monoisotopic (exact) mass is 247 g/mol. The van der Waals surface area contributed by atoms with Gasteiger partial charge >= 0.3 is 0 Å². The Morgan fingerprint density at radius 2 is 2.22 bits per heavy atom. The molecule has 3 rings (SSSR count). The lowest BCUT2D eigenvalue weighted by Gasteiger charge is -2.04. The lowest BCUT2D eigenvalue weighted by molar-refractivity contribution is 0.276. The number of nitrogens with zero attached hydrogens (tertiary/aromatic N) is 2. The van der Waals surface area contributed by atoms with Gasteiger partial charge in [-0.15, -0.1) is 0 Å². The fraction of sp³-hybridized carbons (Fsp3) is 0.167. The number of rotatable bonds is 1. The van der Waals surface area contributed by atoms with Crippen LogP contribution in [0.1, 0.15) is 5.56 Å². The largest absolute Gasteiger partial charge is 0.392 e. The van der Waals surface area contributed by atoms with E-state index in [4.69, 9.17) is 5.11 Å². The second-order valence-electron chi connectivity index (χ2n) is 4.14. The number of aromatic nitrogens is 3. The molecular formula is C12H10FN3O2. The molecule has 6 heteroatoms. The Morgan fingerprint density at radius 1 is 1.44 bits per heavy atom. The molecule has 2 N–H and O–H groups in total. The first-order valence-corrected chi connectivity index (χ1v) is 5.39. The number of aryl methyl sites for hydroxylation is 1. The van der Waals surface area contributed by atoms with Gasteiger partial charge in [-0.1, -0.05) is 12.1 Å². The van der Waals surface area contributed by atoms with Gasteiger partial charge < -0.3 is 10.1 Å². The Bertz CT molecular complexity index is 819. The van der Waals surface area contributed by atoms with Crippen LogP contribution in [0.2, 0.25) is 0 Å². The van der Waals surface area contributed by atoms with Crippen LogP contribution in [-0.2, 0) is 13.7 Å². The molecule has 1 aromatic carbocycles. The molecule has 0 aliphatic rings. The summed E-state index contributed by atoms with van der Waals surface area (Å²) in [6.07, 6.45) is 1.59. The van der Waals surface area contributed by atoms with Crippen LogP contribution in [-0.4, -0.2) is 19.9 Å². The number of fused-ring (bicyclic) bond motifs is 3. The van der Waals surface area contributed by atoms with Crippen molar-refractivity contribution >= 4 is 21.8 Å². The van der Waals surface area contributed by atoms with Gasteiger partial charge in [-0.2, -0.15) is 5.10 Å². The predicted octanol–water partition coefficient (Wildman–Crippen LogP) is 1.05. The van der Waals surface area contributed by atoms with E-state index < -0.39 is 12.4 Å². The third-order valence-corrected chi connectivity index (χ3v) is 2.96. The third kappa shape index (κ3) is 1.36. The zero-order valence-corrected chi connectivity index (χ0v) is 9.57. The van der Waals surface area contributed by atoms with Gasteiger partial charge in [0, 0.05) is 24.2 Å². The van der Waals surface area contributed by atoms with E-state index in [1.807, 2.05) is 0 Å². The minimum Gasteiger partial charge on any atom is -0.392 e. The van der Waals surface area contributed by atoms with Gasteiger partial charge in [0.05, 0.1) is 17.5 Å². The number of hydrogen-bond donors (Lipinski definition) is 2. The predicted molar refractivity (Wildman–Crippen MR) is 64.7 cm³/mol. The second-order valence-corrected chi connectivity index (χ2v) is 4.14. The minimum absolute atomic E-state index is 0.0813. The summed E-state index contributed by atoms with van der Waals surface area (Å²) in [4.78, 5) is 14.3. The van der Waals surface area contributed by atoms with E-state index in [0.717, 1.165) is 0 Å². The highest BCUT2D eigenvalue weighted by atomic mass is 19.1. The average Bonchev–Trinajstić information content (AvgIpc) is 2.73. The fourth-order valence-corrected chi connectivity index (χ4v) is 2.10. The molecule has 3 aromatic rings. The van der Waals surface area contributed by atoms with Crippen LogP contribution in [0.4, 0.5) is 4.39 Å². The first-order chi connectivity index (χ1) is 8.61. The van der Waals surface area contributed by atoms with Crippen molar-refractivity contribution in [2.75, 3.05) is 0 Å². The van der Waals surface area contributed by atoms with Crippen LogP contribution < -0.4 is 5.56 Å². The van der Waals surface area contributed by atoms with Gasteiger partial charge in [0.15, 0.2) is 5.82 Å². The minimum atomic E-state index is -0.611. The van der Waals surface area contributed by atoms with E-state index in [1.165, 1.54) is 10.7 Å². The Hall–Kier alpha value is -2.21. The van der Waals surface area contributed by atoms with Crippen LogP contribution in [0.3, 0.4) is 0 Å². The molecule has 0 fully saturated rings. The molecule has 0 bridgehead atoms. The molecule has 2 heterocycles. The maximum Gasteiger partial charge on any atom is 0.259 e. The van der Waals surface area contributed by atoms with E-state index in [2.05, 4.69) is 10.1 Å². The van der Waals surface area contributed by atoms with Gasteiger partial charge in [-0.25, -0.2) is 4.39 Å². The van der Waals surface area contributed by atoms with Crippen LogP contribution in [0.25, 0.3) is 21.8 Å². The number of hydrogen-bond acceptors (Lipinski definition) is 3. The quantitative estimate of drug-likeness (QED) is 0.675. The highest BCUT2D eigenvalue weighted by Crippen LogP contribution is 2.23. The van der Waals surface area contributed by atoms with Crippen LogP contribution >= 0.6 is 0 Å². The van der Waals surface area contributed by atoms with Gasteiger partial charge in [0.25, 0.3) is 5.56 Å². The van der Waals surface area contributed by atoms with Crippen molar-refractivity contribution in [1.82, 2.24) is 14.8 Å². The number of halogens is 1. The number of aliphatic hydroxyl groups excluding tert-OH is 1. The second kappa shape index (κ2) is 3.64. The maximum absolute atomic E-state index is 14.0. The maximum atomic E-state index is 14.0. The molecule has 0 radical (unpaired) electrons. The highest BCUT2D eigenvalue weighted by Gasteiger charge is 2.13. The van der Waals surface area contributed by atoms with E-state index in [9.17, 15) is 9.18 Å². The molecule has 5 nitrogen and oxygen atoms in total. The van der Waals surface area contributed by atoms with Gasteiger partial charge in [0.2, 0.25) is 0 Å². The highest BCUT2D eigenvalue weighted by molar-refractivity contribution is 6.02. The van der Waals surface area contributed by atoms with Crippen molar-refractivity contribution in [3.05, 3.63) is 40.1 Å². The molecule has 0 saturated carbocycles. The van der Waals surface area contributed by atoms with Crippen LogP contribution in [0, 0.1) is 5.82 Å². The Labute approximate surface area is 100 Å². The lowest BCUT2D eigenvalue weighted by atomic mass is 10.1. The Balaban J connectivity index is 2.57. The summed E-state index contributed by atoms with van der Waals surface area (Å²) in [7, 11) is 1.70. The topological polar surface area (TPSA) is 70.9 Å². The standard InChI is InChI=1S/C12H10FN3O2/c1-16-4-8-10(15-16)7-3-2-6(5-17)9(13)11(7)14-12(8)18/h2-4,17H,5H2,1H3,(H,14,18). The number of benzene rings is 1. The molecule has 92 valence electrons. The Kier molecular flexibility index (Phi) is 2.21. The SMILES string of the molecule is Cn1cc2c(=O)[nH]c3c(F)c(CO)ccc3c2n1. The molecule has 0 amide bonds. The molecule has 18 heavy (non-hydrogen) atoms. The van der Waals surface area contributed by atoms with Crippen molar-refractivity contribution in [2.45, 2.75) is 6.61 Å². The van der Waals surface area contributed by atoms with Gasteiger partial charge in [-0.3, -0.25) is 9.48 Å². The van der Waals surface area contributed by atoms with E-state index in [0.29, 0.717) is 16.3 Å². The lowest BCUT2D eigenvalue weighted by Crippen LogP contribution is -2.07. The summed E-state index contributed by atoms with van der Waals surface area (Å²) in [5.74, 6) is -0.611. The summed E-state index contributed by atoms with van der Waals surface area (Å²) in [6.45, 7) is -0.413. The molecule has 0 aliphatic heterocycles. The molecule has 0 saturated heterocycles. The first kappa shape index (κ1) is 10.9. The summed E-state index contributed by atoms with van der Waals surface area (Å²) in [5.41, 5.74) is 0.297. The molecule has 0 atom stereocenters. The summed E-state index contributed by atoms with van der Waals surface area (Å²) in [5, 5.41) is 14.1. The zero-order valence-electron chi connectivity index (χ0n) is 9.57. The van der Waals surface area contributed by atoms with Crippen LogP contribution in [0.15, 0.2) is 23.1 Å². The number of aromatic amines is 1. The van der Waals surface area contributed by atoms with Crippen molar-refractivity contribution in [1.29, 1.82) is 0 Å². The number of pyridine rings is 1. The fourth-order valence-electron chi connectivity index (χ4n) is 2.10. The summed E-state index contributed by atoms with van der Waals surface area (Å²) >= 11 is 0. The van der Waals surface area contributed by atoms with Crippen molar-refractivity contribution < 1.29 is 9.50 Å². The number of H-pyrrole nitrogens is 1. The smallest absolute Gasteiger partial charge is 0.259 e. The molecular weight excluding hydrogens is 237 g/mol. The van der Waals surface area contributed by atoms with E-state index in [1.54, 1.807) is 19.3 Å². The van der Waals surface area contributed by atoms with Crippen molar-refractivity contribution in [3.63, 3.8) is 0 Å². The molecule has 0 unspecified atom stereocenters. The van der Waals surface area contributed by atoms with Crippen LogP contribution in [0.5, 0.6) is 0 Å². The van der Waals surface area contributed by atoms with Gasteiger partial charge in [-0.05, 0) is 0 Å². The summed E-state index contributed by atoms with van der Waals surface area (Å²) < 4.78 is 15.5. The summed E-state index contributed by atoms with van der Waals surface area (Å²) in [6, 6.07) is 3.14.